The smallest absolute Gasteiger partial charge is 0.399 e. The fraction of sp³-hybridized carbons (Fsp3) is 0.522. The van der Waals surface area contributed by atoms with Crippen LogP contribution in [0.25, 0.3) is 0 Å². The SMILES string of the molecule is COC1COCCC1CC(=O)N1Cc2nc(Cl)nc(N[C@H](C)c3cc(N)cc(C(F)(F)F)c3)c2C1. The quantitative estimate of drug-likeness (QED) is 0.441. The first-order chi connectivity index (χ1) is 16.5. The number of nitrogens with two attached hydrogens (primary N) is 1. The predicted molar refractivity (Wildman–Crippen MR) is 124 cm³/mol. The van der Waals surface area contributed by atoms with Crippen LogP contribution in [0.3, 0.4) is 0 Å². The fourth-order valence-corrected chi connectivity index (χ4v) is 4.69. The first-order valence-electron chi connectivity index (χ1n) is 11.2. The van der Waals surface area contributed by atoms with E-state index >= 15 is 0 Å². The fourth-order valence-electron chi connectivity index (χ4n) is 4.50. The number of ether oxygens (including phenoxy) is 2. The lowest BCUT2D eigenvalue weighted by molar-refractivity contribution is -0.138. The van der Waals surface area contributed by atoms with E-state index in [1.54, 1.807) is 18.9 Å². The molecule has 2 aliphatic rings. The average Bonchev–Trinajstić information content (AvgIpc) is 3.23. The molecule has 0 aliphatic carbocycles. The predicted octanol–water partition coefficient (Wildman–Crippen LogP) is 4.19. The number of carbonyl (C=O) groups is 1. The molecular formula is C23H27ClF3N5O3. The number of anilines is 2. The van der Waals surface area contributed by atoms with Crippen LogP contribution in [-0.4, -0.2) is 47.2 Å². The highest BCUT2D eigenvalue weighted by atomic mass is 35.5. The molecule has 0 bridgehead atoms. The number of carbonyl (C=O) groups excluding carboxylic acids is 1. The van der Waals surface area contributed by atoms with E-state index in [0.29, 0.717) is 42.3 Å². The molecule has 190 valence electrons. The van der Waals surface area contributed by atoms with Crippen molar-refractivity contribution in [2.75, 3.05) is 31.4 Å². The van der Waals surface area contributed by atoms with Crippen molar-refractivity contribution in [3.05, 3.63) is 45.9 Å². The Morgan fingerprint density at radius 1 is 1.34 bits per heavy atom. The number of aromatic nitrogens is 2. The van der Waals surface area contributed by atoms with Crippen LogP contribution >= 0.6 is 11.6 Å². The van der Waals surface area contributed by atoms with Crippen LogP contribution in [0.1, 0.15) is 48.2 Å². The Morgan fingerprint density at radius 3 is 2.83 bits per heavy atom. The molecule has 1 aromatic carbocycles. The van der Waals surface area contributed by atoms with Gasteiger partial charge in [-0.2, -0.15) is 13.2 Å². The Balaban J connectivity index is 1.50. The highest BCUT2D eigenvalue weighted by molar-refractivity contribution is 6.28. The number of nitrogens with zero attached hydrogens (tertiary/aromatic N) is 3. The number of alkyl halides is 3. The molecule has 0 spiro atoms. The van der Waals surface area contributed by atoms with Gasteiger partial charge in [0.2, 0.25) is 11.2 Å². The second kappa shape index (κ2) is 10.2. The van der Waals surface area contributed by atoms with Crippen LogP contribution in [0.5, 0.6) is 0 Å². The standard InChI is InChI=1S/C23H27ClF3N5O3/c1-12(14-5-15(23(25,26)27)8-16(28)6-14)29-21-17-9-32(10-18(17)30-22(24)31-21)20(33)7-13-3-4-35-11-19(13)34-2/h5-6,8,12-13,19H,3-4,7,9-11,28H2,1-2H3,(H,29,30,31)/t12-,13?,19?/m1/s1. The Kier molecular flexibility index (Phi) is 7.39. The lowest BCUT2D eigenvalue weighted by atomic mass is 9.93. The summed E-state index contributed by atoms with van der Waals surface area (Å²) in [5, 5.41) is 3.12. The lowest BCUT2D eigenvalue weighted by Gasteiger charge is -2.31. The molecule has 4 rings (SSSR count). The molecule has 1 aromatic heterocycles. The van der Waals surface area contributed by atoms with Crippen molar-refractivity contribution in [2.45, 2.75) is 51.2 Å². The molecule has 2 aliphatic heterocycles. The first-order valence-corrected chi connectivity index (χ1v) is 11.6. The van der Waals surface area contributed by atoms with Crippen LogP contribution in [0.15, 0.2) is 18.2 Å². The summed E-state index contributed by atoms with van der Waals surface area (Å²) in [5.74, 6) is 0.390. The minimum absolute atomic E-state index is 0.00803. The van der Waals surface area contributed by atoms with Crippen LogP contribution in [-0.2, 0) is 33.5 Å². The zero-order chi connectivity index (χ0) is 25.3. The summed E-state index contributed by atoms with van der Waals surface area (Å²) in [4.78, 5) is 23.3. The van der Waals surface area contributed by atoms with Gasteiger partial charge in [-0.15, -0.1) is 0 Å². The maximum atomic E-state index is 13.2. The molecule has 1 amide bonds. The lowest BCUT2D eigenvalue weighted by Crippen LogP contribution is -2.38. The number of hydrogen-bond acceptors (Lipinski definition) is 7. The molecule has 2 unspecified atom stereocenters. The van der Waals surface area contributed by atoms with E-state index in [1.165, 1.54) is 6.07 Å². The van der Waals surface area contributed by atoms with E-state index < -0.39 is 17.8 Å². The number of nitrogen functional groups attached to an aromatic ring is 1. The Bertz CT molecular complexity index is 1100. The number of amides is 1. The molecule has 3 N–H and O–H groups in total. The van der Waals surface area contributed by atoms with Crippen molar-refractivity contribution in [2.24, 2.45) is 5.92 Å². The van der Waals surface area contributed by atoms with E-state index in [1.807, 2.05) is 0 Å². The molecule has 0 radical (unpaired) electrons. The molecular weight excluding hydrogens is 487 g/mol. The molecule has 2 aromatic rings. The second-order valence-electron chi connectivity index (χ2n) is 8.87. The van der Waals surface area contributed by atoms with E-state index in [9.17, 15) is 18.0 Å². The number of nitrogens with one attached hydrogen (secondary N) is 1. The number of benzene rings is 1. The monoisotopic (exact) mass is 513 g/mol. The molecule has 1 fully saturated rings. The normalized spacial score (nSPS) is 21.0. The molecule has 8 nitrogen and oxygen atoms in total. The summed E-state index contributed by atoms with van der Waals surface area (Å²) in [6, 6.07) is 2.86. The van der Waals surface area contributed by atoms with E-state index in [2.05, 4.69) is 15.3 Å². The number of hydrogen-bond donors (Lipinski definition) is 2. The number of halogens is 4. The van der Waals surface area contributed by atoms with Gasteiger partial charge in [0, 0.05) is 31.4 Å². The van der Waals surface area contributed by atoms with Gasteiger partial charge in [0.05, 0.1) is 43.1 Å². The van der Waals surface area contributed by atoms with E-state index in [-0.39, 0.29) is 42.0 Å². The second-order valence-corrected chi connectivity index (χ2v) is 9.21. The largest absolute Gasteiger partial charge is 0.416 e. The zero-order valence-corrected chi connectivity index (χ0v) is 20.1. The van der Waals surface area contributed by atoms with Gasteiger partial charge in [0.25, 0.3) is 0 Å². The summed E-state index contributed by atoms with van der Waals surface area (Å²) >= 11 is 6.12. The van der Waals surface area contributed by atoms with Gasteiger partial charge in [-0.05, 0) is 54.6 Å². The Hall–Kier alpha value is -2.63. The first kappa shape index (κ1) is 25.5. The Labute approximate surface area is 205 Å². The van der Waals surface area contributed by atoms with Gasteiger partial charge in [0.15, 0.2) is 0 Å². The third-order valence-corrected chi connectivity index (χ3v) is 6.62. The molecule has 1 saturated heterocycles. The number of rotatable bonds is 6. The van der Waals surface area contributed by atoms with Gasteiger partial charge in [-0.3, -0.25) is 4.79 Å². The molecule has 3 heterocycles. The molecule has 12 heteroatoms. The summed E-state index contributed by atoms with van der Waals surface area (Å²) in [6.07, 6.45) is -3.60. The minimum atomic E-state index is -4.52. The van der Waals surface area contributed by atoms with Gasteiger partial charge in [-0.1, -0.05) is 0 Å². The van der Waals surface area contributed by atoms with Gasteiger partial charge >= 0.3 is 6.18 Å². The molecule has 3 atom stereocenters. The summed E-state index contributed by atoms with van der Waals surface area (Å²) in [7, 11) is 1.61. The van der Waals surface area contributed by atoms with Crippen LogP contribution in [0.4, 0.5) is 24.7 Å². The van der Waals surface area contributed by atoms with Crippen molar-refractivity contribution in [3.63, 3.8) is 0 Å². The number of methoxy groups -OCH3 is 1. The van der Waals surface area contributed by atoms with Crippen LogP contribution in [0.2, 0.25) is 5.28 Å². The molecule has 35 heavy (non-hydrogen) atoms. The van der Waals surface area contributed by atoms with Gasteiger partial charge in [0.1, 0.15) is 5.82 Å². The van der Waals surface area contributed by atoms with E-state index in [4.69, 9.17) is 26.8 Å². The highest BCUT2D eigenvalue weighted by Crippen LogP contribution is 2.35. The van der Waals surface area contributed by atoms with E-state index in [0.717, 1.165) is 18.6 Å². The van der Waals surface area contributed by atoms with Crippen molar-refractivity contribution in [1.82, 2.24) is 14.9 Å². The maximum absolute atomic E-state index is 13.2. The van der Waals surface area contributed by atoms with Gasteiger partial charge in [-0.25, -0.2) is 9.97 Å². The van der Waals surface area contributed by atoms with Crippen molar-refractivity contribution < 1.29 is 27.4 Å². The third-order valence-electron chi connectivity index (χ3n) is 6.45. The topological polar surface area (TPSA) is 103 Å². The van der Waals surface area contributed by atoms with Crippen molar-refractivity contribution in [1.29, 1.82) is 0 Å². The van der Waals surface area contributed by atoms with Crippen molar-refractivity contribution in [3.8, 4) is 0 Å². The maximum Gasteiger partial charge on any atom is 0.416 e. The zero-order valence-electron chi connectivity index (χ0n) is 19.4. The molecule has 0 saturated carbocycles. The average molecular weight is 514 g/mol. The summed E-state index contributed by atoms with van der Waals surface area (Å²) in [5.41, 5.74) is 6.53. The van der Waals surface area contributed by atoms with Crippen LogP contribution < -0.4 is 11.1 Å². The minimum Gasteiger partial charge on any atom is -0.399 e. The number of fused-ring (bicyclic) bond motifs is 1. The summed E-state index contributed by atoms with van der Waals surface area (Å²) < 4.78 is 50.6. The third kappa shape index (κ3) is 5.79. The van der Waals surface area contributed by atoms with Crippen LogP contribution in [0, 0.1) is 5.92 Å². The summed E-state index contributed by atoms with van der Waals surface area (Å²) in [6.45, 7) is 3.29. The van der Waals surface area contributed by atoms with Gasteiger partial charge < -0.3 is 25.4 Å². The Morgan fingerprint density at radius 2 is 2.11 bits per heavy atom. The van der Waals surface area contributed by atoms with Crippen molar-refractivity contribution >= 4 is 29.0 Å². The highest BCUT2D eigenvalue weighted by Gasteiger charge is 2.34.